The van der Waals surface area contributed by atoms with Gasteiger partial charge in [-0.05, 0) is 47.7 Å². The first-order valence-corrected chi connectivity index (χ1v) is 7.88. The summed E-state index contributed by atoms with van der Waals surface area (Å²) < 4.78 is 1.03. The number of rotatable bonds is 5. The standard InChI is InChI=1S/C18H19BrN2/c1-13(2)11-14-3-5-15(6-4-14)18(12-20)21-17-9-7-16(19)8-10-17/h3-10,13,18,21H,11H2,1-2H3. The van der Waals surface area contributed by atoms with Gasteiger partial charge in [-0.1, -0.05) is 54.0 Å². The van der Waals surface area contributed by atoms with Crippen molar-refractivity contribution in [1.82, 2.24) is 0 Å². The molecule has 0 fully saturated rings. The number of hydrogen-bond donors (Lipinski definition) is 1. The van der Waals surface area contributed by atoms with Crippen LogP contribution >= 0.6 is 15.9 Å². The topological polar surface area (TPSA) is 35.8 Å². The van der Waals surface area contributed by atoms with E-state index in [4.69, 9.17) is 0 Å². The predicted octanol–water partition coefficient (Wildman–Crippen LogP) is 5.32. The van der Waals surface area contributed by atoms with Gasteiger partial charge >= 0.3 is 0 Å². The van der Waals surface area contributed by atoms with Crippen molar-refractivity contribution in [3.8, 4) is 6.07 Å². The van der Waals surface area contributed by atoms with E-state index in [0.29, 0.717) is 5.92 Å². The highest BCUT2D eigenvalue weighted by atomic mass is 79.9. The molecule has 0 aliphatic carbocycles. The molecule has 0 aliphatic heterocycles. The SMILES string of the molecule is CC(C)Cc1ccc(C(C#N)Nc2ccc(Br)cc2)cc1. The minimum atomic E-state index is -0.334. The molecule has 0 saturated heterocycles. The molecule has 0 amide bonds. The van der Waals surface area contributed by atoms with Crippen LogP contribution in [0.2, 0.25) is 0 Å². The van der Waals surface area contributed by atoms with Gasteiger partial charge in [-0.15, -0.1) is 0 Å². The Morgan fingerprint density at radius 2 is 1.67 bits per heavy atom. The van der Waals surface area contributed by atoms with Gasteiger partial charge in [-0.2, -0.15) is 5.26 Å². The highest BCUT2D eigenvalue weighted by molar-refractivity contribution is 9.10. The van der Waals surface area contributed by atoms with Crippen molar-refractivity contribution in [3.05, 3.63) is 64.1 Å². The van der Waals surface area contributed by atoms with Gasteiger partial charge in [0.05, 0.1) is 6.07 Å². The summed E-state index contributed by atoms with van der Waals surface area (Å²) in [5, 5.41) is 12.6. The fraction of sp³-hybridized carbons (Fsp3) is 0.278. The van der Waals surface area contributed by atoms with Crippen molar-refractivity contribution in [2.24, 2.45) is 5.92 Å². The predicted molar refractivity (Wildman–Crippen MR) is 91.1 cm³/mol. The molecule has 2 rings (SSSR count). The average molecular weight is 343 g/mol. The quantitative estimate of drug-likeness (QED) is 0.797. The second-order valence-electron chi connectivity index (χ2n) is 5.55. The van der Waals surface area contributed by atoms with Crippen LogP contribution in [0, 0.1) is 17.2 Å². The molecule has 1 atom stereocenters. The zero-order chi connectivity index (χ0) is 15.2. The molecule has 1 N–H and O–H groups in total. The third kappa shape index (κ3) is 4.61. The van der Waals surface area contributed by atoms with Crippen molar-refractivity contribution in [3.63, 3.8) is 0 Å². The maximum absolute atomic E-state index is 9.39. The van der Waals surface area contributed by atoms with Crippen LogP contribution in [0.15, 0.2) is 53.0 Å². The van der Waals surface area contributed by atoms with Crippen LogP contribution in [0.25, 0.3) is 0 Å². The number of nitriles is 1. The summed E-state index contributed by atoms with van der Waals surface area (Å²) >= 11 is 3.41. The molecule has 0 bridgehead atoms. The highest BCUT2D eigenvalue weighted by Gasteiger charge is 2.10. The first kappa shape index (κ1) is 15.6. The van der Waals surface area contributed by atoms with Gasteiger partial charge in [0.25, 0.3) is 0 Å². The Morgan fingerprint density at radius 3 is 2.19 bits per heavy atom. The minimum absolute atomic E-state index is 0.334. The van der Waals surface area contributed by atoms with Crippen molar-refractivity contribution in [2.45, 2.75) is 26.3 Å². The van der Waals surface area contributed by atoms with Gasteiger partial charge in [-0.25, -0.2) is 0 Å². The molecule has 2 aromatic carbocycles. The molecule has 21 heavy (non-hydrogen) atoms. The van der Waals surface area contributed by atoms with E-state index in [0.717, 1.165) is 22.1 Å². The smallest absolute Gasteiger partial charge is 0.140 e. The highest BCUT2D eigenvalue weighted by Crippen LogP contribution is 2.22. The Morgan fingerprint density at radius 1 is 1.05 bits per heavy atom. The lowest BCUT2D eigenvalue weighted by molar-refractivity contribution is 0.647. The summed E-state index contributed by atoms with van der Waals surface area (Å²) in [5.74, 6) is 0.642. The number of nitrogens with one attached hydrogen (secondary N) is 1. The Kier molecular flexibility index (Phi) is 5.41. The van der Waals surface area contributed by atoms with Gasteiger partial charge < -0.3 is 5.32 Å². The number of halogens is 1. The van der Waals surface area contributed by atoms with Crippen molar-refractivity contribution in [1.29, 1.82) is 5.26 Å². The number of nitrogens with zero attached hydrogens (tertiary/aromatic N) is 1. The molecule has 0 aromatic heterocycles. The Hall–Kier alpha value is -1.79. The fourth-order valence-electron chi connectivity index (χ4n) is 2.22. The molecule has 0 radical (unpaired) electrons. The van der Waals surface area contributed by atoms with E-state index in [1.165, 1.54) is 5.56 Å². The van der Waals surface area contributed by atoms with Crippen LogP contribution < -0.4 is 5.32 Å². The lowest BCUT2D eigenvalue weighted by Crippen LogP contribution is -2.08. The molecule has 0 aliphatic rings. The van der Waals surface area contributed by atoms with E-state index in [1.807, 2.05) is 36.4 Å². The first-order valence-electron chi connectivity index (χ1n) is 7.09. The molecule has 1 unspecified atom stereocenters. The zero-order valence-electron chi connectivity index (χ0n) is 12.3. The third-order valence-corrected chi connectivity index (χ3v) is 3.77. The second-order valence-corrected chi connectivity index (χ2v) is 6.47. The van der Waals surface area contributed by atoms with E-state index >= 15 is 0 Å². The Labute approximate surface area is 134 Å². The van der Waals surface area contributed by atoms with Crippen LogP contribution in [0.3, 0.4) is 0 Å². The summed E-state index contributed by atoms with van der Waals surface area (Å²) in [5.41, 5.74) is 3.25. The van der Waals surface area contributed by atoms with Crippen molar-refractivity contribution < 1.29 is 0 Å². The van der Waals surface area contributed by atoms with Crippen LogP contribution in [-0.2, 0) is 6.42 Å². The van der Waals surface area contributed by atoms with Crippen LogP contribution in [-0.4, -0.2) is 0 Å². The van der Waals surface area contributed by atoms with E-state index in [1.54, 1.807) is 0 Å². The van der Waals surface area contributed by atoms with E-state index in [9.17, 15) is 5.26 Å². The van der Waals surface area contributed by atoms with E-state index < -0.39 is 0 Å². The Balaban J connectivity index is 2.10. The molecule has 0 saturated carbocycles. The lowest BCUT2D eigenvalue weighted by atomic mass is 9.99. The maximum Gasteiger partial charge on any atom is 0.140 e. The maximum atomic E-state index is 9.39. The van der Waals surface area contributed by atoms with Gasteiger partial charge in [0.1, 0.15) is 6.04 Å². The van der Waals surface area contributed by atoms with E-state index in [2.05, 4.69) is 53.3 Å². The molecule has 3 heteroatoms. The average Bonchev–Trinajstić information content (AvgIpc) is 2.47. The van der Waals surface area contributed by atoms with Crippen molar-refractivity contribution in [2.75, 3.05) is 5.32 Å². The molecular formula is C18H19BrN2. The van der Waals surface area contributed by atoms with Crippen LogP contribution in [0.1, 0.15) is 31.0 Å². The zero-order valence-corrected chi connectivity index (χ0v) is 13.9. The molecule has 2 nitrogen and oxygen atoms in total. The largest absolute Gasteiger partial charge is 0.366 e. The molecule has 0 heterocycles. The van der Waals surface area contributed by atoms with Crippen LogP contribution in [0.5, 0.6) is 0 Å². The molecule has 0 spiro atoms. The van der Waals surface area contributed by atoms with Crippen molar-refractivity contribution >= 4 is 21.6 Å². The fourth-order valence-corrected chi connectivity index (χ4v) is 2.48. The van der Waals surface area contributed by atoms with Gasteiger partial charge in [-0.3, -0.25) is 0 Å². The lowest BCUT2D eigenvalue weighted by Gasteiger charge is -2.14. The summed E-state index contributed by atoms with van der Waals surface area (Å²) in [6.07, 6.45) is 1.07. The summed E-state index contributed by atoms with van der Waals surface area (Å²) in [4.78, 5) is 0. The summed E-state index contributed by atoms with van der Waals surface area (Å²) in [6, 6.07) is 18.1. The number of anilines is 1. The van der Waals surface area contributed by atoms with Gasteiger partial charge in [0.2, 0.25) is 0 Å². The summed E-state index contributed by atoms with van der Waals surface area (Å²) in [6.45, 7) is 4.42. The second kappa shape index (κ2) is 7.28. The molecular weight excluding hydrogens is 324 g/mol. The minimum Gasteiger partial charge on any atom is -0.366 e. The normalized spacial score (nSPS) is 12.0. The van der Waals surface area contributed by atoms with Gasteiger partial charge in [0, 0.05) is 10.2 Å². The van der Waals surface area contributed by atoms with Gasteiger partial charge in [0.15, 0.2) is 0 Å². The number of benzene rings is 2. The van der Waals surface area contributed by atoms with E-state index in [-0.39, 0.29) is 6.04 Å². The number of hydrogen-bond acceptors (Lipinski definition) is 2. The third-order valence-electron chi connectivity index (χ3n) is 3.24. The Bertz CT molecular complexity index is 609. The molecule has 108 valence electrons. The molecule has 2 aromatic rings. The first-order chi connectivity index (χ1) is 10.1. The monoisotopic (exact) mass is 342 g/mol. The summed E-state index contributed by atoms with van der Waals surface area (Å²) in [7, 11) is 0. The van der Waals surface area contributed by atoms with Crippen LogP contribution in [0.4, 0.5) is 5.69 Å².